The Bertz CT molecular complexity index is 332. The van der Waals surface area contributed by atoms with Crippen molar-refractivity contribution < 1.29 is 14.6 Å². The van der Waals surface area contributed by atoms with Gasteiger partial charge in [-0.15, -0.1) is 11.3 Å². The summed E-state index contributed by atoms with van der Waals surface area (Å²) in [4.78, 5) is 1.31. The van der Waals surface area contributed by atoms with Gasteiger partial charge in [0.15, 0.2) is 0 Å². The van der Waals surface area contributed by atoms with Gasteiger partial charge < -0.3 is 19.9 Å². The molecule has 122 valence electrons. The number of hydrogen-bond acceptors (Lipinski definition) is 5. The van der Waals surface area contributed by atoms with Gasteiger partial charge in [-0.3, -0.25) is 0 Å². The van der Waals surface area contributed by atoms with E-state index in [1.165, 1.54) is 4.88 Å². The molecule has 0 aliphatic rings. The Morgan fingerprint density at radius 3 is 2.71 bits per heavy atom. The molecule has 2 unspecified atom stereocenters. The SMILES string of the molecule is CCCCOCCOCC(O)CNC(CC)c1cccs1. The number of unbranched alkanes of at least 4 members (excludes halogenated alkanes) is 1. The maximum Gasteiger partial charge on any atom is 0.0897 e. The molecule has 1 heterocycles. The van der Waals surface area contributed by atoms with Crippen LogP contribution in [0.2, 0.25) is 0 Å². The van der Waals surface area contributed by atoms with Crippen LogP contribution in [0.5, 0.6) is 0 Å². The lowest BCUT2D eigenvalue weighted by Crippen LogP contribution is -2.33. The molecular formula is C16H29NO3S. The summed E-state index contributed by atoms with van der Waals surface area (Å²) in [5.74, 6) is 0. The molecule has 5 heteroatoms. The van der Waals surface area contributed by atoms with Gasteiger partial charge in [0.2, 0.25) is 0 Å². The predicted molar refractivity (Wildman–Crippen MR) is 87.9 cm³/mol. The summed E-state index contributed by atoms with van der Waals surface area (Å²) in [5.41, 5.74) is 0. The molecule has 4 nitrogen and oxygen atoms in total. The number of hydrogen-bond donors (Lipinski definition) is 2. The van der Waals surface area contributed by atoms with Gasteiger partial charge in [0.1, 0.15) is 0 Å². The van der Waals surface area contributed by atoms with Crippen molar-refractivity contribution in [3.05, 3.63) is 22.4 Å². The van der Waals surface area contributed by atoms with Crippen LogP contribution in [-0.2, 0) is 9.47 Å². The van der Waals surface area contributed by atoms with E-state index in [-0.39, 0.29) is 0 Å². The van der Waals surface area contributed by atoms with E-state index in [9.17, 15) is 5.11 Å². The van der Waals surface area contributed by atoms with Gasteiger partial charge in [0.25, 0.3) is 0 Å². The first kappa shape index (κ1) is 18.6. The summed E-state index contributed by atoms with van der Waals surface area (Å²) >= 11 is 1.75. The summed E-state index contributed by atoms with van der Waals surface area (Å²) in [6.45, 7) is 7.13. The fourth-order valence-electron chi connectivity index (χ4n) is 1.96. The van der Waals surface area contributed by atoms with Crippen LogP contribution in [0.25, 0.3) is 0 Å². The van der Waals surface area contributed by atoms with Crippen molar-refractivity contribution in [2.24, 2.45) is 0 Å². The van der Waals surface area contributed by atoms with Crippen LogP contribution in [0.3, 0.4) is 0 Å². The van der Waals surface area contributed by atoms with Crippen LogP contribution in [-0.4, -0.2) is 44.2 Å². The Hall–Kier alpha value is -0.460. The Morgan fingerprint density at radius 1 is 1.24 bits per heavy atom. The van der Waals surface area contributed by atoms with Crippen molar-refractivity contribution in [1.82, 2.24) is 5.32 Å². The number of aliphatic hydroxyl groups is 1. The van der Waals surface area contributed by atoms with Crippen LogP contribution < -0.4 is 5.32 Å². The Labute approximate surface area is 132 Å². The highest BCUT2D eigenvalue weighted by molar-refractivity contribution is 7.10. The van der Waals surface area contributed by atoms with Crippen LogP contribution in [0, 0.1) is 0 Å². The van der Waals surface area contributed by atoms with E-state index in [1.807, 2.05) is 0 Å². The van der Waals surface area contributed by atoms with Crippen LogP contribution in [0.15, 0.2) is 17.5 Å². The van der Waals surface area contributed by atoms with Crippen molar-refractivity contribution in [1.29, 1.82) is 0 Å². The number of ether oxygens (including phenoxy) is 2. The molecule has 0 saturated heterocycles. The summed E-state index contributed by atoms with van der Waals surface area (Å²) in [5, 5.41) is 15.4. The average molecular weight is 315 g/mol. The summed E-state index contributed by atoms with van der Waals surface area (Å²) in [6.07, 6.45) is 2.77. The quantitative estimate of drug-likeness (QED) is 0.550. The standard InChI is InChI=1S/C16H29NO3S/c1-3-5-8-19-9-10-20-13-14(18)12-17-15(4-2)16-7-6-11-21-16/h6-7,11,14-15,17-18H,3-5,8-10,12-13H2,1-2H3. The van der Waals surface area contributed by atoms with Gasteiger partial charge >= 0.3 is 0 Å². The van der Waals surface area contributed by atoms with Gasteiger partial charge in [0.05, 0.1) is 25.9 Å². The van der Waals surface area contributed by atoms with E-state index in [0.717, 1.165) is 25.9 Å². The Kier molecular flexibility index (Phi) is 10.7. The monoisotopic (exact) mass is 315 g/mol. The first-order chi connectivity index (χ1) is 10.3. The lowest BCUT2D eigenvalue weighted by Gasteiger charge is -2.18. The molecule has 1 aromatic rings. The lowest BCUT2D eigenvalue weighted by atomic mass is 10.2. The summed E-state index contributed by atoms with van der Waals surface area (Å²) < 4.78 is 10.8. The molecule has 0 bridgehead atoms. The number of aliphatic hydroxyl groups excluding tert-OH is 1. The molecule has 0 amide bonds. The maximum atomic E-state index is 9.91. The smallest absolute Gasteiger partial charge is 0.0897 e. The lowest BCUT2D eigenvalue weighted by molar-refractivity contribution is 0.00317. The first-order valence-electron chi connectivity index (χ1n) is 7.88. The molecular weight excluding hydrogens is 286 g/mol. The molecule has 21 heavy (non-hydrogen) atoms. The van der Waals surface area contributed by atoms with Crippen LogP contribution in [0.1, 0.15) is 44.0 Å². The third kappa shape index (κ3) is 8.53. The van der Waals surface area contributed by atoms with Gasteiger partial charge in [-0.05, 0) is 24.3 Å². The molecule has 0 aliphatic carbocycles. The van der Waals surface area contributed by atoms with Gasteiger partial charge in [-0.25, -0.2) is 0 Å². The second-order valence-corrected chi connectivity index (χ2v) is 6.06. The van der Waals surface area contributed by atoms with Crippen molar-refractivity contribution in [2.45, 2.75) is 45.3 Å². The zero-order chi connectivity index (χ0) is 15.3. The highest BCUT2D eigenvalue weighted by atomic mass is 32.1. The van der Waals surface area contributed by atoms with Crippen LogP contribution >= 0.6 is 11.3 Å². The maximum absolute atomic E-state index is 9.91. The summed E-state index contributed by atoms with van der Waals surface area (Å²) in [6, 6.07) is 4.50. The van der Waals surface area contributed by atoms with E-state index in [4.69, 9.17) is 9.47 Å². The number of rotatable bonds is 13. The number of thiophene rings is 1. The summed E-state index contributed by atoms with van der Waals surface area (Å²) in [7, 11) is 0. The van der Waals surface area contributed by atoms with Gasteiger partial charge in [0, 0.05) is 24.1 Å². The van der Waals surface area contributed by atoms with Gasteiger partial charge in [-0.2, -0.15) is 0 Å². The minimum absolute atomic E-state index is 0.317. The minimum Gasteiger partial charge on any atom is -0.389 e. The average Bonchev–Trinajstić information content (AvgIpc) is 3.01. The molecule has 0 saturated carbocycles. The first-order valence-corrected chi connectivity index (χ1v) is 8.76. The molecule has 1 rings (SSSR count). The third-order valence-electron chi connectivity index (χ3n) is 3.22. The highest BCUT2D eigenvalue weighted by Gasteiger charge is 2.12. The number of nitrogens with one attached hydrogen (secondary N) is 1. The molecule has 2 N–H and O–H groups in total. The largest absolute Gasteiger partial charge is 0.389 e. The zero-order valence-electron chi connectivity index (χ0n) is 13.2. The van der Waals surface area contributed by atoms with Gasteiger partial charge in [-0.1, -0.05) is 26.3 Å². The van der Waals surface area contributed by atoms with E-state index >= 15 is 0 Å². The van der Waals surface area contributed by atoms with Crippen molar-refractivity contribution in [3.8, 4) is 0 Å². The van der Waals surface area contributed by atoms with Crippen molar-refractivity contribution in [3.63, 3.8) is 0 Å². The van der Waals surface area contributed by atoms with E-state index < -0.39 is 6.10 Å². The zero-order valence-corrected chi connectivity index (χ0v) is 14.0. The minimum atomic E-state index is -0.477. The molecule has 0 radical (unpaired) electrons. The Balaban J connectivity index is 2.04. The topological polar surface area (TPSA) is 50.7 Å². The second kappa shape index (κ2) is 12.1. The highest BCUT2D eigenvalue weighted by Crippen LogP contribution is 2.21. The molecule has 0 fully saturated rings. The fraction of sp³-hybridized carbons (Fsp3) is 0.750. The molecule has 0 aromatic carbocycles. The molecule has 1 aromatic heterocycles. The van der Waals surface area contributed by atoms with Crippen LogP contribution in [0.4, 0.5) is 0 Å². The second-order valence-electron chi connectivity index (χ2n) is 5.08. The fourth-order valence-corrected chi connectivity index (χ4v) is 2.84. The molecule has 0 aliphatic heterocycles. The van der Waals surface area contributed by atoms with Crippen molar-refractivity contribution >= 4 is 11.3 Å². The van der Waals surface area contributed by atoms with E-state index in [0.29, 0.717) is 32.4 Å². The third-order valence-corrected chi connectivity index (χ3v) is 4.21. The van der Waals surface area contributed by atoms with E-state index in [1.54, 1.807) is 11.3 Å². The molecule has 0 spiro atoms. The normalized spacial score (nSPS) is 14.2. The Morgan fingerprint density at radius 2 is 2.05 bits per heavy atom. The predicted octanol–water partition coefficient (Wildman–Crippen LogP) is 2.98. The van der Waals surface area contributed by atoms with Crippen molar-refractivity contribution in [2.75, 3.05) is 33.0 Å². The molecule has 2 atom stereocenters. The van der Waals surface area contributed by atoms with E-state index in [2.05, 4.69) is 36.7 Å².